The van der Waals surface area contributed by atoms with Gasteiger partial charge in [-0.05, 0) is 85.6 Å². The highest BCUT2D eigenvalue weighted by Gasteiger charge is 2.30. The summed E-state index contributed by atoms with van der Waals surface area (Å²) in [5.41, 5.74) is 7.02. The van der Waals surface area contributed by atoms with Crippen LogP contribution >= 0.6 is 0 Å². The topological polar surface area (TPSA) is 152 Å². The van der Waals surface area contributed by atoms with Crippen molar-refractivity contribution in [1.29, 1.82) is 0 Å². The summed E-state index contributed by atoms with van der Waals surface area (Å²) in [4.78, 5) is 18.5. The second kappa shape index (κ2) is 13.3. The van der Waals surface area contributed by atoms with Crippen molar-refractivity contribution in [1.82, 2.24) is 0 Å². The Labute approximate surface area is 331 Å². The van der Waals surface area contributed by atoms with E-state index >= 15 is 0 Å². The van der Waals surface area contributed by atoms with Crippen molar-refractivity contribution in [2.75, 3.05) is 5.32 Å². The van der Waals surface area contributed by atoms with Gasteiger partial charge in [0.25, 0.3) is 10.1 Å². The molecule has 0 saturated carbocycles. The third-order valence-electron chi connectivity index (χ3n) is 10.7. The Balaban J connectivity index is 1.17. The third kappa shape index (κ3) is 5.75. The zero-order valence-electron chi connectivity index (χ0n) is 31.0. The molecule has 10 rings (SSSR count). The number of nitrogens with one attached hydrogen (secondary N) is 1. The molecule has 3 heterocycles. The van der Waals surface area contributed by atoms with Gasteiger partial charge in [0.1, 0.15) is 45.0 Å². The van der Waals surface area contributed by atoms with Gasteiger partial charge in [-0.1, -0.05) is 60.7 Å². The molecule has 10 nitrogen and oxygen atoms in total. The van der Waals surface area contributed by atoms with Crippen molar-refractivity contribution in [2.45, 2.75) is 24.8 Å². The lowest BCUT2D eigenvalue weighted by Gasteiger charge is -2.27. The number of aliphatic hydroxyl groups is 1. The van der Waals surface area contributed by atoms with Crippen molar-refractivity contribution < 1.29 is 31.6 Å². The molecular formula is C47H32N2O8S. The average Bonchev–Trinajstić information content (AvgIpc) is 3.22. The number of hydrogen-bond acceptors (Lipinski definition) is 9. The van der Waals surface area contributed by atoms with Crippen molar-refractivity contribution in [2.24, 2.45) is 4.99 Å². The fraction of sp³-hybridized carbons (Fsp3) is 0.0638. The normalized spacial score (nSPS) is 14.1. The number of fused-ring (bicyclic) bond motifs is 6. The van der Waals surface area contributed by atoms with Gasteiger partial charge in [0.15, 0.2) is 0 Å². The molecular weight excluding hydrogens is 753 g/mol. The maximum Gasteiger partial charge on any atom is 0.295 e. The lowest BCUT2D eigenvalue weighted by molar-refractivity contribution is 0.203. The van der Waals surface area contributed by atoms with E-state index in [4.69, 9.17) is 18.6 Å². The van der Waals surface area contributed by atoms with Crippen LogP contribution in [0, 0.1) is 13.8 Å². The van der Waals surface area contributed by atoms with Gasteiger partial charge < -0.3 is 24.0 Å². The molecule has 0 fully saturated rings. The molecule has 1 unspecified atom stereocenters. The van der Waals surface area contributed by atoms with Crippen LogP contribution in [0.1, 0.15) is 28.4 Å². The van der Waals surface area contributed by atoms with E-state index in [1.165, 1.54) is 6.07 Å². The SMILES string of the molecule is Cc1ccc(/N=c2\ccc3c(-c4ccccc4S(=O)(=O)O)c4ccc(Nc5ccc(C)c6oc7ccccc7c(=O)c56)cc4oc-3c2)c2c1Oc1ccccc1C2O. The Morgan fingerprint density at radius 2 is 1.50 bits per heavy atom. The lowest BCUT2D eigenvalue weighted by Crippen LogP contribution is -2.11. The van der Waals surface area contributed by atoms with Gasteiger partial charge >= 0.3 is 0 Å². The van der Waals surface area contributed by atoms with Crippen LogP contribution in [0.15, 0.2) is 157 Å². The zero-order chi connectivity index (χ0) is 39.9. The first-order chi connectivity index (χ1) is 28.0. The molecule has 3 aliphatic rings. The van der Waals surface area contributed by atoms with Crippen LogP contribution in [0.3, 0.4) is 0 Å². The monoisotopic (exact) mass is 784 g/mol. The number of hydrogen-bond donors (Lipinski definition) is 3. The molecule has 58 heavy (non-hydrogen) atoms. The van der Waals surface area contributed by atoms with Crippen molar-refractivity contribution in [3.05, 3.63) is 171 Å². The first kappa shape index (κ1) is 35.4. The molecule has 7 aromatic rings. The fourth-order valence-electron chi connectivity index (χ4n) is 7.91. The Hall–Kier alpha value is -7.05. The van der Waals surface area contributed by atoms with Crippen LogP contribution in [-0.2, 0) is 10.1 Å². The number of aryl methyl sites for hydroxylation is 2. The van der Waals surface area contributed by atoms with Gasteiger partial charge in [0, 0.05) is 45.5 Å². The summed E-state index contributed by atoms with van der Waals surface area (Å²) in [7, 11) is -4.64. The minimum Gasteiger partial charge on any atom is -0.456 e. The van der Waals surface area contributed by atoms with E-state index in [0.29, 0.717) is 94.8 Å². The highest BCUT2D eigenvalue weighted by Crippen LogP contribution is 2.48. The number of anilines is 2. The minimum atomic E-state index is -4.64. The molecule has 0 saturated heterocycles. The summed E-state index contributed by atoms with van der Waals surface area (Å²) in [6, 6.07) is 38.9. The van der Waals surface area contributed by atoms with Gasteiger partial charge in [0.05, 0.1) is 33.1 Å². The van der Waals surface area contributed by atoms with E-state index in [1.807, 2.05) is 74.5 Å². The number of aliphatic hydroxyl groups excluding tert-OH is 1. The highest BCUT2D eigenvalue weighted by atomic mass is 32.2. The Morgan fingerprint density at radius 3 is 2.36 bits per heavy atom. The largest absolute Gasteiger partial charge is 0.456 e. The number of ether oxygens (including phenoxy) is 1. The second-order valence-corrected chi connectivity index (χ2v) is 15.7. The molecule has 0 bridgehead atoms. The van der Waals surface area contributed by atoms with Crippen LogP contribution in [-0.4, -0.2) is 18.1 Å². The van der Waals surface area contributed by atoms with Crippen LogP contribution in [0.2, 0.25) is 0 Å². The molecule has 11 heteroatoms. The van der Waals surface area contributed by atoms with Crippen LogP contribution in [0.4, 0.5) is 17.1 Å². The number of para-hydroxylation sites is 2. The van der Waals surface area contributed by atoms with Gasteiger partial charge in [-0.25, -0.2) is 4.99 Å². The van der Waals surface area contributed by atoms with Crippen molar-refractivity contribution >= 4 is 60.1 Å². The highest BCUT2D eigenvalue weighted by molar-refractivity contribution is 7.86. The quantitative estimate of drug-likeness (QED) is 0.114. The van der Waals surface area contributed by atoms with Crippen LogP contribution < -0.4 is 20.8 Å². The average molecular weight is 785 g/mol. The van der Waals surface area contributed by atoms with E-state index in [0.717, 1.165) is 11.1 Å². The molecule has 1 aromatic heterocycles. The van der Waals surface area contributed by atoms with Gasteiger partial charge in [-0.3, -0.25) is 9.35 Å². The Morgan fingerprint density at radius 1 is 0.724 bits per heavy atom. The molecule has 1 aliphatic carbocycles. The van der Waals surface area contributed by atoms with E-state index in [-0.39, 0.29) is 15.9 Å². The second-order valence-electron chi connectivity index (χ2n) is 14.3. The maximum atomic E-state index is 13.8. The van der Waals surface area contributed by atoms with Gasteiger partial charge in [-0.15, -0.1) is 0 Å². The summed E-state index contributed by atoms with van der Waals surface area (Å²) in [5, 5.41) is 16.9. The van der Waals surface area contributed by atoms with E-state index < -0.39 is 16.2 Å². The standard InChI is InChI=1S/C47H32N2O8S/c1-25-15-21-34(42-44(50)31-9-3-6-12-36(31)56-46(25)42)48-27-17-19-29-38(23-27)55-39-24-28(18-20-30(39)41(29)33-11-5-8-14-40(33)58(52,53)54)49-35-22-16-26(2)47-43(35)45(51)32-10-4-7-13-37(32)57-47/h3-24,44,49-50H,1-2H3,(H,52,53,54)/b48-27+. The molecule has 3 N–H and O–H groups in total. The molecule has 284 valence electrons. The van der Waals surface area contributed by atoms with Crippen LogP contribution in [0.5, 0.6) is 11.5 Å². The number of nitrogens with zero attached hydrogens (tertiary/aromatic N) is 1. The van der Waals surface area contributed by atoms with E-state index in [9.17, 15) is 22.9 Å². The molecule has 1 atom stereocenters. The number of benzene rings is 7. The zero-order valence-corrected chi connectivity index (χ0v) is 31.8. The minimum absolute atomic E-state index is 0.168. The van der Waals surface area contributed by atoms with Crippen molar-refractivity contribution in [3.8, 4) is 33.9 Å². The first-order valence-electron chi connectivity index (χ1n) is 18.5. The smallest absolute Gasteiger partial charge is 0.295 e. The predicted octanol–water partition coefficient (Wildman–Crippen LogP) is 10.5. The Kier molecular flexibility index (Phi) is 8.10. The van der Waals surface area contributed by atoms with Gasteiger partial charge in [-0.2, -0.15) is 8.42 Å². The third-order valence-corrected chi connectivity index (χ3v) is 11.6. The summed E-state index contributed by atoms with van der Waals surface area (Å²) in [5.74, 6) is 1.50. The van der Waals surface area contributed by atoms with E-state index in [1.54, 1.807) is 66.7 Å². The molecule has 0 amide bonds. The lowest BCUT2D eigenvalue weighted by atomic mass is 9.93. The Bertz CT molecular complexity index is 3410. The molecule has 0 spiro atoms. The summed E-state index contributed by atoms with van der Waals surface area (Å²) in [6.07, 6.45) is -0.974. The predicted molar refractivity (Wildman–Crippen MR) is 223 cm³/mol. The fourth-order valence-corrected chi connectivity index (χ4v) is 8.60. The molecule has 6 aromatic carbocycles. The van der Waals surface area contributed by atoms with E-state index in [2.05, 4.69) is 5.32 Å². The number of rotatable bonds is 5. The summed E-state index contributed by atoms with van der Waals surface area (Å²) >= 11 is 0. The van der Waals surface area contributed by atoms with Gasteiger partial charge in [0.2, 0.25) is 5.43 Å². The molecule has 0 radical (unpaired) electrons. The van der Waals surface area contributed by atoms with Crippen LogP contribution in [0.25, 0.3) is 55.4 Å². The summed E-state index contributed by atoms with van der Waals surface area (Å²) < 4.78 is 54.9. The summed E-state index contributed by atoms with van der Waals surface area (Å²) in [6.45, 7) is 3.80. The van der Waals surface area contributed by atoms with Crippen molar-refractivity contribution in [3.63, 3.8) is 0 Å². The first-order valence-corrected chi connectivity index (χ1v) is 19.9. The maximum absolute atomic E-state index is 13.8. The molecule has 2 aliphatic heterocycles.